The first-order chi connectivity index (χ1) is 8.66. The number of hydrogen-bond acceptors (Lipinski definition) is 5. The molecule has 0 aliphatic heterocycles. The van der Waals surface area contributed by atoms with E-state index in [1.54, 1.807) is 31.5 Å². The van der Waals surface area contributed by atoms with Gasteiger partial charge in [0.05, 0.1) is 23.1 Å². The number of rotatable bonds is 3. The minimum absolute atomic E-state index is 0.181. The van der Waals surface area contributed by atoms with Gasteiger partial charge in [-0.15, -0.1) is 0 Å². The summed E-state index contributed by atoms with van der Waals surface area (Å²) >= 11 is 0. The zero-order chi connectivity index (χ0) is 13.0. The van der Waals surface area contributed by atoms with Gasteiger partial charge in [-0.25, -0.2) is 4.79 Å². The van der Waals surface area contributed by atoms with Crippen LogP contribution in [0.25, 0.3) is 0 Å². The number of carbonyl (C=O) groups excluding carboxylic acids is 1. The van der Waals surface area contributed by atoms with Crippen LogP contribution in [0, 0.1) is 6.92 Å². The van der Waals surface area contributed by atoms with Crippen LogP contribution < -0.4 is 5.73 Å². The second-order valence-electron chi connectivity index (χ2n) is 3.84. The van der Waals surface area contributed by atoms with Crippen LogP contribution in [0.2, 0.25) is 0 Å². The van der Waals surface area contributed by atoms with Crippen molar-refractivity contribution in [2.75, 3.05) is 5.73 Å². The van der Waals surface area contributed by atoms with Gasteiger partial charge in [0.1, 0.15) is 6.61 Å². The summed E-state index contributed by atoms with van der Waals surface area (Å²) < 4.78 is 5.18. The highest BCUT2D eigenvalue weighted by atomic mass is 16.5. The Balaban J connectivity index is 2.06. The average molecular weight is 243 g/mol. The van der Waals surface area contributed by atoms with Crippen LogP contribution in [0.3, 0.4) is 0 Å². The molecule has 92 valence electrons. The number of nitrogens with two attached hydrogens (primary N) is 1. The first-order valence-corrected chi connectivity index (χ1v) is 5.45. The van der Waals surface area contributed by atoms with Gasteiger partial charge in [-0.2, -0.15) is 0 Å². The van der Waals surface area contributed by atoms with E-state index in [0.29, 0.717) is 16.9 Å². The van der Waals surface area contributed by atoms with Crippen molar-refractivity contribution in [3.8, 4) is 0 Å². The molecule has 2 heterocycles. The minimum atomic E-state index is -0.434. The number of hydrogen-bond donors (Lipinski definition) is 1. The first-order valence-electron chi connectivity index (χ1n) is 5.45. The zero-order valence-electron chi connectivity index (χ0n) is 9.96. The lowest BCUT2D eigenvalue weighted by atomic mass is 10.2. The Morgan fingerprint density at radius 1 is 1.44 bits per heavy atom. The molecule has 5 heteroatoms. The molecular weight excluding hydrogens is 230 g/mol. The minimum Gasteiger partial charge on any atom is -0.457 e. The third-order valence-corrected chi connectivity index (χ3v) is 2.42. The quantitative estimate of drug-likeness (QED) is 0.830. The lowest BCUT2D eigenvalue weighted by Crippen LogP contribution is -2.09. The van der Waals surface area contributed by atoms with E-state index in [4.69, 9.17) is 10.5 Å². The maximum absolute atomic E-state index is 11.9. The molecule has 0 radical (unpaired) electrons. The van der Waals surface area contributed by atoms with Crippen molar-refractivity contribution in [3.63, 3.8) is 0 Å². The molecule has 18 heavy (non-hydrogen) atoms. The van der Waals surface area contributed by atoms with Gasteiger partial charge in [0.25, 0.3) is 0 Å². The Bertz CT molecular complexity index is 555. The topological polar surface area (TPSA) is 78.1 Å². The van der Waals surface area contributed by atoms with Crippen LogP contribution in [0.1, 0.15) is 21.6 Å². The number of aryl methyl sites for hydroxylation is 1. The van der Waals surface area contributed by atoms with Crippen molar-refractivity contribution < 1.29 is 9.53 Å². The normalized spacial score (nSPS) is 10.1. The molecule has 0 spiro atoms. The van der Waals surface area contributed by atoms with E-state index in [9.17, 15) is 4.79 Å². The summed E-state index contributed by atoms with van der Waals surface area (Å²) in [7, 11) is 0. The van der Waals surface area contributed by atoms with Crippen molar-refractivity contribution in [1.82, 2.24) is 9.97 Å². The number of ether oxygens (including phenoxy) is 1. The smallest absolute Gasteiger partial charge is 0.340 e. The maximum atomic E-state index is 11.9. The molecule has 0 bridgehead atoms. The first kappa shape index (κ1) is 12.0. The summed E-state index contributed by atoms with van der Waals surface area (Å²) in [5.41, 5.74) is 7.85. The SMILES string of the molecule is Cc1ncc(N)cc1C(=O)OCc1cccnc1. The van der Waals surface area contributed by atoms with Gasteiger partial charge in [-0.3, -0.25) is 9.97 Å². The van der Waals surface area contributed by atoms with Crippen molar-refractivity contribution in [1.29, 1.82) is 0 Å². The molecule has 5 nitrogen and oxygen atoms in total. The monoisotopic (exact) mass is 243 g/mol. The van der Waals surface area contributed by atoms with Crippen molar-refractivity contribution in [3.05, 3.63) is 53.6 Å². The fraction of sp³-hybridized carbons (Fsp3) is 0.154. The Labute approximate surface area is 105 Å². The number of anilines is 1. The van der Waals surface area contributed by atoms with Gasteiger partial charge in [0.2, 0.25) is 0 Å². The molecule has 0 fully saturated rings. The molecule has 2 aromatic heterocycles. The fourth-order valence-corrected chi connectivity index (χ4v) is 1.47. The van der Waals surface area contributed by atoms with Crippen molar-refractivity contribution >= 4 is 11.7 Å². The summed E-state index contributed by atoms with van der Waals surface area (Å²) in [4.78, 5) is 19.8. The Morgan fingerprint density at radius 3 is 3.00 bits per heavy atom. The number of nitrogens with zero attached hydrogens (tertiary/aromatic N) is 2. The molecule has 0 unspecified atom stereocenters. The van der Waals surface area contributed by atoms with Crippen LogP contribution in [0.15, 0.2) is 36.8 Å². The maximum Gasteiger partial charge on any atom is 0.340 e. The largest absolute Gasteiger partial charge is 0.457 e. The Hall–Kier alpha value is -2.43. The zero-order valence-corrected chi connectivity index (χ0v) is 9.96. The second kappa shape index (κ2) is 5.27. The molecule has 0 aliphatic carbocycles. The number of pyridine rings is 2. The standard InChI is InChI=1S/C13H13N3O2/c1-9-12(5-11(14)7-16-9)13(17)18-8-10-3-2-4-15-6-10/h2-7H,8,14H2,1H3. The lowest BCUT2D eigenvalue weighted by Gasteiger charge is -2.07. The highest BCUT2D eigenvalue weighted by Crippen LogP contribution is 2.12. The second-order valence-corrected chi connectivity index (χ2v) is 3.84. The van der Waals surface area contributed by atoms with Crippen LogP contribution in [-0.2, 0) is 11.3 Å². The van der Waals surface area contributed by atoms with Crippen molar-refractivity contribution in [2.45, 2.75) is 13.5 Å². The van der Waals surface area contributed by atoms with Gasteiger partial charge in [0.15, 0.2) is 0 Å². The van der Waals surface area contributed by atoms with E-state index >= 15 is 0 Å². The lowest BCUT2D eigenvalue weighted by molar-refractivity contribution is 0.0471. The summed E-state index contributed by atoms with van der Waals surface area (Å²) in [5, 5.41) is 0. The fourth-order valence-electron chi connectivity index (χ4n) is 1.47. The molecular formula is C13H13N3O2. The van der Waals surface area contributed by atoms with E-state index in [1.807, 2.05) is 6.07 Å². The molecule has 2 N–H and O–H groups in total. The van der Waals surface area contributed by atoms with Crippen LogP contribution in [0.5, 0.6) is 0 Å². The molecule has 0 aromatic carbocycles. The summed E-state index contributed by atoms with van der Waals surface area (Å²) in [5.74, 6) is -0.434. The predicted octanol–water partition coefficient (Wildman–Crippen LogP) is 1.72. The average Bonchev–Trinajstić information content (AvgIpc) is 2.40. The molecule has 2 aromatic rings. The van der Waals surface area contributed by atoms with Gasteiger partial charge in [-0.1, -0.05) is 6.07 Å². The van der Waals surface area contributed by atoms with Gasteiger partial charge in [-0.05, 0) is 19.1 Å². The van der Waals surface area contributed by atoms with Crippen LogP contribution >= 0.6 is 0 Å². The third kappa shape index (κ3) is 2.82. The molecule has 2 rings (SSSR count). The number of carbonyl (C=O) groups is 1. The molecule has 0 aliphatic rings. The third-order valence-electron chi connectivity index (χ3n) is 2.42. The van der Waals surface area contributed by atoms with Crippen LogP contribution in [0.4, 0.5) is 5.69 Å². The van der Waals surface area contributed by atoms with E-state index in [0.717, 1.165) is 5.56 Å². The van der Waals surface area contributed by atoms with E-state index in [1.165, 1.54) is 6.20 Å². The van der Waals surface area contributed by atoms with E-state index in [-0.39, 0.29) is 6.61 Å². The Kier molecular flexibility index (Phi) is 3.52. The van der Waals surface area contributed by atoms with E-state index in [2.05, 4.69) is 9.97 Å². The van der Waals surface area contributed by atoms with Gasteiger partial charge >= 0.3 is 5.97 Å². The van der Waals surface area contributed by atoms with Gasteiger partial charge < -0.3 is 10.5 Å². The van der Waals surface area contributed by atoms with E-state index < -0.39 is 5.97 Å². The summed E-state index contributed by atoms with van der Waals surface area (Å²) in [6.45, 7) is 1.92. The Morgan fingerprint density at radius 2 is 2.28 bits per heavy atom. The predicted molar refractivity (Wildman–Crippen MR) is 66.7 cm³/mol. The van der Waals surface area contributed by atoms with Crippen LogP contribution in [-0.4, -0.2) is 15.9 Å². The highest BCUT2D eigenvalue weighted by molar-refractivity contribution is 5.91. The molecule has 0 atom stereocenters. The molecule has 0 saturated carbocycles. The summed E-state index contributed by atoms with van der Waals surface area (Å²) in [6.07, 6.45) is 4.82. The number of esters is 1. The number of aromatic nitrogens is 2. The highest BCUT2D eigenvalue weighted by Gasteiger charge is 2.12. The van der Waals surface area contributed by atoms with Crippen molar-refractivity contribution in [2.24, 2.45) is 0 Å². The molecule has 0 saturated heterocycles. The summed E-state index contributed by atoms with van der Waals surface area (Å²) in [6, 6.07) is 5.19. The number of nitrogen functional groups attached to an aromatic ring is 1. The van der Waals surface area contributed by atoms with Gasteiger partial charge in [0, 0.05) is 18.0 Å². The molecule has 0 amide bonds.